The van der Waals surface area contributed by atoms with E-state index in [1.54, 1.807) is 12.1 Å². The Morgan fingerprint density at radius 2 is 1.76 bits per heavy atom. The second-order valence-corrected chi connectivity index (χ2v) is 9.70. The van der Waals surface area contributed by atoms with E-state index in [9.17, 15) is 13.2 Å². The third kappa shape index (κ3) is 4.67. The van der Waals surface area contributed by atoms with Gasteiger partial charge in [-0.2, -0.15) is 4.31 Å². The van der Waals surface area contributed by atoms with Crippen molar-refractivity contribution in [3.63, 3.8) is 0 Å². The number of benzene rings is 1. The summed E-state index contributed by atoms with van der Waals surface area (Å²) in [5.74, 6) is 0.886. The molecule has 2 saturated heterocycles. The maximum absolute atomic E-state index is 13.1. The molecule has 0 aliphatic carbocycles. The number of fused-ring (bicyclic) bond motifs is 1. The predicted molar refractivity (Wildman–Crippen MR) is 106 cm³/mol. The normalized spacial score (nSPS) is 23.9. The van der Waals surface area contributed by atoms with Gasteiger partial charge in [-0.15, -0.1) is 0 Å². The zero-order valence-electron chi connectivity index (χ0n) is 16.5. The zero-order valence-corrected chi connectivity index (χ0v) is 17.3. The summed E-state index contributed by atoms with van der Waals surface area (Å²) in [4.78, 5) is 12.7. The highest BCUT2D eigenvalue weighted by molar-refractivity contribution is 7.89. The number of rotatable bonds is 4. The van der Waals surface area contributed by atoms with Crippen LogP contribution < -0.4 is 14.8 Å². The maximum atomic E-state index is 13.1. The molecule has 0 aromatic heterocycles. The average Bonchev–Trinajstić information content (AvgIpc) is 2.99. The molecule has 4 rings (SSSR count). The van der Waals surface area contributed by atoms with Gasteiger partial charge in [0, 0.05) is 38.1 Å². The lowest BCUT2D eigenvalue weighted by Crippen LogP contribution is -2.47. The van der Waals surface area contributed by atoms with Crippen LogP contribution in [0.5, 0.6) is 11.5 Å². The fraction of sp³-hybridized carbons (Fsp3) is 0.650. The van der Waals surface area contributed by atoms with E-state index in [4.69, 9.17) is 14.2 Å². The SMILES string of the molecule is O=C(NC1CCCOC1)C1CCN(S(=O)(=O)c2ccc3c(c2)OCCCO3)CC1. The molecule has 2 fully saturated rings. The van der Waals surface area contributed by atoms with Crippen molar-refractivity contribution in [3.05, 3.63) is 18.2 Å². The molecule has 1 amide bonds. The molecule has 1 aromatic carbocycles. The van der Waals surface area contributed by atoms with Gasteiger partial charge in [-0.25, -0.2) is 8.42 Å². The van der Waals surface area contributed by atoms with E-state index in [-0.39, 0.29) is 22.8 Å². The molecule has 160 valence electrons. The molecule has 3 aliphatic rings. The quantitative estimate of drug-likeness (QED) is 0.788. The lowest BCUT2D eigenvalue weighted by molar-refractivity contribution is -0.127. The molecule has 8 nitrogen and oxygen atoms in total. The van der Waals surface area contributed by atoms with Crippen LogP contribution >= 0.6 is 0 Å². The number of nitrogens with one attached hydrogen (secondary N) is 1. The Balaban J connectivity index is 1.37. The molecule has 0 spiro atoms. The van der Waals surface area contributed by atoms with Crippen molar-refractivity contribution in [1.82, 2.24) is 9.62 Å². The Morgan fingerprint density at radius 3 is 2.48 bits per heavy atom. The molecule has 0 bridgehead atoms. The van der Waals surface area contributed by atoms with Crippen LogP contribution in [0.3, 0.4) is 0 Å². The molecule has 0 radical (unpaired) electrons. The van der Waals surface area contributed by atoms with Gasteiger partial charge in [0.2, 0.25) is 15.9 Å². The van der Waals surface area contributed by atoms with Gasteiger partial charge in [0.1, 0.15) is 0 Å². The molecule has 3 aliphatic heterocycles. The van der Waals surface area contributed by atoms with Crippen LogP contribution in [0.2, 0.25) is 0 Å². The highest BCUT2D eigenvalue weighted by atomic mass is 32.2. The lowest BCUT2D eigenvalue weighted by atomic mass is 9.96. The summed E-state index contributed by atoms with van der Waals surface area (Å²) in [5.41, 5.74) is 0. The third-order valence-electron chi connectivity index (χ3n) is 5.69. The topological polar surface area (TPSA) is 94.2 Å². The number of carbonyl (C=O) groups is 1. The van der Waals surface area contributed by atoms with E-state index in [1.165, 1.54) is 10.4 Å². The molecule has 1 aromatic rings. The summed E-state index contributed by atoms with van der Waals surface area (Å²) in [7, 11) is -3.64. The number of ether oxygens (including phenoxy) is 3. The fourth-order valence-corrected chi connectivity index (χ4v) is 5.47. The van der Waals surface area contributed by atoms with Crippen molar-refractivity contribution >= 4 is 15.9 Å². The molecular formula is C20H28N2O6S. The van der Waals surface area contributed by atoms with Crippen molar-refractivity contribution in [3.8, 4) is 11.5 Å². The number of piperidine rings is 1. The summed E-state index contributed by atoms with van der Waals surface area (Å²) in [6, 6.07) is 4.82. The van der Waals surface area contributed by atoms with Crippen LogP contribution in [0, 0.1) is 5.92 Å². The van der Waals surface area contributed by atoms with E-state index in [0.717, 1.165) is 25.9 Å². The zero-order chi connectivity index (χ0) is 20.3. The summed E-state index contributed by atoms with van der Waals surface area (Å²) in [6.45, 7) is 3.03. The monoisotopic (exact) mass is 424 g/mol. The first-order valence-electron chi connectivity index (χ1n) is 10.3. The van der Waals surface area contributed by atoms with Gasteiger partial charge < -0.3 is 19.5 Å². The second kappa shape index (κ2) is 8.89. The van der Waals surface area contributed by atoms with E-state index < -0.39 is 10.0 Å². The Kier molecular flexibility index (Phi) is 6.26. The van der Waals surface area contributed by atoms with Crippen LogP contribution in [0.1, 0.15) is 32.1 Å². The Labute approximate surface area is 171 Å². The lowest BCUT2D eigenvalue weighted by Gasteiger charge is -2.32. The van der Waals surface area contributed by atoms with E-state index in [2.05, 4.69) is 5.32 Å². The standard InChI is InChI=1S/C20H28N2O6S/c23-20(21-16-3-1-10-26-14-16)15-6-8-22(9-7-15)29(24,25)17-4-5-18-19(13-17)28-12-2-11-27-18/h4-5,13,15-16H,1-3,6-12,14H2,(H,21,23). The van der Waals surface area contributed by atoms with Gasteiger partial charge in [0.05, 0.1) is 30.8 Å². The molecule has 29 heavy (non-hydrogen) atoms. The molecule has 9 heteroatoms. The Bertz CT molecular complexity index is 829. The summed E-state index contributed by atoms with van der Waals surface area (Å²) >= 11 is 0. The number of amides is 1. The van der Waals surface area contributed by atoms with Crippen LogP contribution in [0.25, 0.3) is 0 Å². The molecule has 1 atom stereocenters. The van der Waals surface area contributed by atoms with E-state index in [1.807, 2.05) is 0 Å². The summed E-state index contributed by atoms with van der Waals surface area (Å²) in [5, 5.41) is 3.05. The van der Waals surface area contributed by atoms with Crippen molar-refractivity contribution in [2.75, 3.05) is 39.5 Å². The fourth-order valence-electron chi connectivity index (χ4n) is 3.99. The summed E-state index contributed by atoms with van der Waals surface area (Å²) < 4.78 is 44.2. The number of hydrogen-bond donors (Lipinski definition) is 1. The minimum Gasteiger partial charge on any atom is -0.490 e. The van der Waals surface area contributed by atoms with Crippen LogP contribution in [0.4, 0.5) is 0 Å². The summed E-state index contributed by atoms with van der Waals surface area (Å²) in [6.07, 6.45) is 3.69. The van der Waals surface area contributed by atoms with E-state index >= 15 is 0 Å². The van der Waals surface area contributed by atoms with Gasteiger partial charge in [0.25, 0.3) is 0 Å². The number of hydrogen-bond acceptors (Lipinski definition) is 6. The molecule has 1 unspecified atom stereocenters. The van der Waals surface area contributed by atoms with E-state index in [0.29, 0.717) is 57.3 Å². The highest BCUT2D eigenvalue weighted by Crippen LogP contribution is 2.33. The van der Waals surface area contributed by atoms with Crippen molar-refractivity contribution in [2.45, 2.75) is 43.0 Å². The minimum atomic E-state index is -3.64. The molecule has 1 N–H and O–H groups in total. The largest absolute Gasteiger partial charge is 0.490 e. The van der Waals surface area contributed by atoms with Gasteiger partial charge in [-0.3, -0.25) is 4.79 Å². The second-order valence-electron chi connectivity index (χ2n) is 7.76. The smallest absolute Gasteiger partial charge is 0.243 e. The van der Waals surface area contributed by atoms with Crippen molar-refractivity contribution in [2.24, 2.45) is 5.92 Å². The minimum absolute atomic E-state index is 0.00753. The molecule has 3 heterocycles. The van der Waals surface area contributed by atoms with Crippen LogP contribution in [-0.2, 0) is 19.6 Å². The van der Waals surface area contributed by atoms with Crippen LogP contribution in [-0.4, -0.2) is 64.2 Å². The first kappa shape index (κ1) is 20.4. The number of carbonyl (C=O) groups excluding carboxylic acids is 1. The Morgan fingerprint density at radius 1 is 1.00 bits per heavy atom. The molecular weight excluding hydrogens is 396 g/mol. The number of nitrogens with zero attached hydrogens (tertiary/aromatic N) is 1. The first-order chi connectivity index (χ1) is 14.0. The van der Waals surface area contributed by atoms with Gasteiger partial charge in [-0.05, 0) is 37.8 Å². The number of sulfonamides is 1. The first-order valence-corrected chi connectivity index (χ1v) is 11.8. The Hall–Kier alpha value is -1.84. The van der Waals surface area contributed by atoms with Gasteiger partial charge in [0.15, 0.2) is 11.5 Å². The third-order valence-corrected chi connectivity index (χ3v) is 7.58. The van der Waals surface area contributed by atoms with Crippen molar-refractivity contribution in [1.29, 1.82) is 0 Å². The van der Waals surface area contributed by atoms with Gasteiger partial charge in [-0.1, -0.05) is 0 Å². The highest BCUT2D eigenvalue weighted by Gasteiger charge is 2.33. The maximum Gasteiger partial charge on any atom is 0.243 e. The van der Waals surface area contributed by atoms with Gasteiger partial charge >= 0.3 is 0 Å². The predicted octanol–water partition coefficient (Wildman–Crippen LogP) is 1.54. The average molecular weight is 425 g/mol. The van der Waals surface area contributed by atoms with Crippen molar-refractivity contribution < 1.29 is 27.4 Å². The molecule has 0 saturated carbocycles. The van der Waals surface area contributed by atoms with Crippen LogP contribution in [0.15, 0.2) is 23.1 Å².